The third kappa shape index (κ3) is 5.55. The van der Waals surface area contributed by atoms with Crippen LogP contribution in [0.2, 0.25) is 0 Å². The van der Waals surface area contributed by atoms with Gasteiger partial charge in [0, 0.05) is 37.7 Å². The van der Waals surface area contributed by atoms with Crippen LogP contribution in [0.15, 0.2) is 67.0 Å². The number of benzene rings is 2. The Bertz CT molecular complexity index is 1060. The highest BCUT2D eigenvalue weighted by molar-refractivity contribution is 5.90. The lowest BCUT2D eigenvalue weighted by atomic mass is 9.97. The third-order valence-electron chi connectivity index (χ3n) is 5.81. The molecule has 2 aromatic carbocycles. The van der Waals surface area contributed by atoms with Gasteiger partial charge in [0.25, 0.3) is 0 Å². The van der Waals surface area contributed by atoms with E-state index in [0.29, 0.717) is 26.2 Å². The van der Waals surface area contributed by atoms with Gasteiger partial charge in [-0.2, -0.15) is 5.10 Å². The second kappa shape index (κ2) is 10.1. The zero-order chi connectivity index (χ0) is 22.3. The van der Waals surface area contributed by atoms with Crippen molar-refractivity contribution in [2.75, 3.05) is 18.4 Å². The van der Waals surface area contributed by atoms with E-state index in [1.54, 1.807) is 11.1 Å². The molecule has 0 saturated carbocycles. The van der Waals surface area contributed by atoms with Crippen LogP contribution >= 0.6 is 0 Å². The van der Waals surface area contributed by atoms with Crippen molar-refractivity contribution >= 4 is 17.6 Å². The molecule has 166 valence electrons. The van der Waals surface area contributed by atoms with Gasteiger partial charge in [-0.1, -0.05) is 36.4 Å². The van der Waals surface area contributed by atoms with Crippen molar-refractivity contribution in [2.24, 2.45) is 5.92 Å². The minimum atomic E-state index is -0.203. The van der Waals surface area contributed by atoms with Crippen molar-refractivity contribution in [3.8, 4) is 0 Å². The number of nitrogens with zero attached hydrogens (tertiary/aromatic N) is 3. The van der Waals surface area contributed by atoms with E-state index in [1.165, 1.54) is 0 Å². The maximum Gasteiger partial charge on any atom is 0.321 e. The zero-order valence-corrected chi connectivity index (χ0v) is 18.3. The van der Waals surface area contributed by atoms with Gasteiger partial charge in [-0.3, -0.25) is 9.48 Å². The first-order chi connectivity index (χ1) is 15.6. The van der Waals surface area contributed by atoms with Crippen molar-refractivity contribution in [1.82, 2.24) is 20.0 Å². The topological polar surface area (TPSA) is 79.3 Å². The van der Waals surface area contributed by atoms with Crippen molar-refractivity contribution in [3.05, 3.63) is 83.7 Å². The summed E-state index contributed by atoms with van der Waals surface area (Å²) >= 11 is 0. The second-order valence-electron chi connectivity index (χ2n) is 8.27. The number of hydrogen-bond acceptors (Lipinski definition) is 3. The van der Waals surface area contributed by atoms with E-state index in [0.717, 1.165) is 35.2 Å². The predicted octanol–water partition coefficient (Wildman–Crippen LogP) is 3.80. The SMILES string of the molecule is Cc1cccc(NC(=O)N2CCCC(C(=O)NCc3ccccc3Cn3cccn3)C2)c1. The van der Waals surface area contributed by atoms with Crippen molar-refractivity contribution < 1.29 is 9.59 Å². The highest BCUT2D eigenvalue weighted by Gasteiger charge is 2.28. The standard InChI is InChI=1S/C25H29N5O2/c1-19-7-4-11-23(15-19)28-25(32)29-13-5-10-22(17-29)24(31)26-16-20-8-2-3-9-21(20)18-30-14-6-12-27-30/h2-4,6-9,11-12,14-15,22H,5,10,13,16-18H2,1H3,(H,26,31)(H,28,32). The summed E-state index contributed by atoms with van der Waals surface area (Å²) in [6.07, 6.45) is 5.28. The first-order valence-corrected chi connectivity index (χ1v) is 11.0. The van der Waals surface area contributed by atoms with Crippen molar-refractivity contribution in [1.29, 1.82) is 0 Å². The van der Waals surface area contributed by atoms with Crippen LogP contribution in [0.25, 0.3) is 0 Å². The number of amides is 3. The van der Waals surface area contributed by atoms with Gasteiger partial charge in [0.15, 0.2) is 0 Å². The lowest BCUT2D eigenvalue weighted by Gasteiger charge is -2.32. The van der Waals surface area contributed by atoms with Crippen LogP contribution in [-0.4, -0.2) is 39.7 Å². The monoisotopic (exact) mass is 431 g/mol. The van der Waals surface area contributed by atoms with Crippen LogP contribution in [0.3, 0.4) is 0 Å². The molecule has 1 atom stereocenters. The van der Waals surface area contributed by atoms with Crippen LogP contribution in [0.5, 0.6) is 0 Å². The van der Waals surface area contributed by atoms with E-state index in [2.05, 4.69) is 21.8 Å². The fraction of sp³-hybridized carbons (Fsp3) is 0.320. The Morgan fingerprint density at radius 3 is 2.72 bits per heavy atom. The summed E-state index contributed by atoms with van der Waals surface area (Å²) in [7, 11) is 0. The molecule has 3 amide bonds. The van der Waals surface area contributed by atoms with E-state index >= 15 is 0 Å². The molecule has 7 nitrogen and oxygen atoms in total. The number of hydrogen-bond donors (Lipinski definition) is 2. The van der Waals surface area contributed by atoms with Gasteiger partial charge in [-0.05, 0) is 54.7 Å². The smallest absolute Gasteiger partial charge is 0.321 e. The van der Waals surface area contributed by atoms with Gasteiger partial charge in [0.1, 0.15) is 0 Å². The highest BCUT2D eigenvalue weighted by Crippen LogP contribution is 2.19. The summed E-state index contributed by atoms with van der Waals surface area (Å²) in [5.74, 6) is -0.211. The molecular formula is C25H29N5O2. The minimum Gasteiger partial charge on any atom is -0.352 e. The summed E-state index contributed by atoms with van der Waals surface area (Å²) in [5.41, 5.74) is 4.06. The number of anilines is 1. The quantitative estimate of drug-likeness (QED) is 0.623. The van der Waals surface area contributed by atoms with E-state index in [9.17, 15) is 9.59 Å². The number of carbonyl (C=O) groups is 2. The summed E-state index contributed by atoms with van der Waals surface area (Å²) < 4.78 is 1.87. The fourth-order valence-electron chi connectivity index (χ4n) is 4.08. The summed E-state index contributed by atoms with van der Waals surface area (Å²) in [6, 6.07) is 17.5. The number of aryl methyl sites for hydroxylation is 1. The maximum absolute atomic E-state index is 12.9. The fourth-order valence-corrected chi connectivity index (χ4v) is 4.08. The van der Waals surface area contributed by atoms with E-state index in [1.807, 2.05) is 66.3 Å². The number of piperidine rings is 1. The second-order valence-corrected chi connectivity index (χ2v) is 8.27. The number of carbonyl (C=O) groups excluding carboxylic acids is 2. The van der Waals surface area contributed by atoms with E-state index in [4.69, 9.17) is 0 Å². The van der Waals surface area contributed by atoms with Gasteiger partial charge in [-0.15, -0.1) is 0 Å². The molecule has 1 aliphatic rings. The Hall–Kier alpha value is -3.61. The Labute approximate surface area is 188 Å². The molecule has 0 bridgehead atoms. The first kappa shape index (κ1) is 21.6. The highest BCUT2D eigenvalue weighted by atomic mass is 16.2. The van der Waals surface area contributed by atoms with Gasteiger partial charge >= 0.3 is 6.03 Å². The molecule has 1 fully saturated rings. The molecule has 0 spiro atoms. The molecule has 1 aromatic heterocycles. The van der Waals surface area contributed by atoms with Crippen molar-refractivity contribution in [3.63, 3.8) is 0 Å². The number of rotatable bonds is 6. The minimum absolute atomic E-state index is 0.00746. The van der Waals surface area contributed by atoms with E-state index in [-0.39, 0.29) is 17.9 Å². The molecular weight excluding hydrogens is 402 g/mol. The molecule has 2 N–H and O–H groups in total. The largest absolute Gasteiger partial charge is 0.352 e. The molecule has 0 aliphatic carbocycles. The maximum atomic E-state index is 12.9. The van der Waals surface area contributed by atoms with Gasteiger partial charge in [-0.25, -0.2) is 4.79 Å². The van der Waals surface area contributed by atoms with Crippen LogP contribution in [0.1, 0.15) is 29.5 Å². The first-order valence-electron chi connectivity index (χ1n) is 11.0. The van der Waals surface area contributed by atoms with Crippen LogP contribution in [0, 0.1) is 12.8 Å². The lowest BCUT2D eigenvalue weighted by Crippen LogP contribution is -2.46. The van der Waals surface area contributed by atoms with Crippen molar-refractivity contribution in [2.45, 2.75) is 32.9 Å². The molecule has 1 unspecified atom stereocenters. The number of nitrogens with one attached hydrogen (secondary N) is 2. The van der Waals surface area contributed by atoms with Crippen LogP contribution in [-0.2, 0) is 17.9 Å². The molecule has 4 rings (SSSR count). The Morgan fingerprint density at radius 2 is 1.94 bits per heavy atom. The molecule has 7 heteroatoms. The lowest BCUT2D eigenvalue weighted by molar-refractivity contribution is -0.126. The number of aromatic nitrogens is 2. The molecule has 1 saturated heterocycles. The third-order valence-corrected chi connectivity index (χ3v) is 5.81. The average molecular weight is 432 g/mol. The molecule has 2 heterocycles. The van der Waals surface area contributed by atoms with Crippen LogP contribution < -0.4 is 10.6 Å². The van der Waals surface area contributed by atoms with Crippen LogP contribution in [0.4, 0.5) is 10.5 Å². The average Bonchev–Trinajstić information content (AvgIpc) is 3.31. The molecule has 1 aliphatic heterocycles. The Kier molecular flexibility index (Phi) is 6.84. The van der Waals surface area contributed by atoms with Gasteiger partial charge in [0.05, 0.1) is 12.5 Å². The normalized spacial score (nSPS) is 15.9. The summed E-state index contributed by atoms with van der Waals surface area (Å²) in [5, 5.41) is 10.3. The predicted molar refractivity (Wildman–Crippen MR) is 124 cm³/mol. The Balaban J connectivity index is 1.32. The zero-order valence-electron chi connectivity index (χ0n) is 18.3. The Morgan fingerprint density at radius 1 is 1.09 bits per heavy atom. The summed E-state index contributed by atoms with van der Waals surface area (Å²) in [6.45, 7) is 4.20. The van der Waals surface area contributed by atoms with Gasteiger partial charge < -0.3 is 15.5 Å². The van der Waals surface area contributed by atoms with Gasteiger partial charge in [0.2, 0.25) is 5.91 Å². The molecule has 3 aromatic rings. The molecule has 32 heavy (non-hydrogen) atoms. The van der Waals surface area contributed by atoms with E-state index < -0.39 is 0 Å². The number of likely N-dealkylation sites (tertiary alicyclic amines) is 1. The summed E-state index contributed by atoms with van der Waals surface area (Å²) in [4.78, 5) is 27.3. The molecule has 0 radical (unpaired) electrons. The number of urea groups is 1.